The monoisotopic (exact) mass is 227 g/mol. The normalized spacial score (nSPS) is 39.6. The van der Waals surface area contributed by atoms with Crippen molar-refractivity contribution in [3.8, 4) is 0 Å². The van der Waals surface area contributed by atoms with Crippen molar-refractivity contribution in [2.45, 2.75) is 57.3 Å². The highest BCUT2D eigenvalue weighted by molar-refractivity contribution is 5.76. The van der Waals surface area contributed by atoms with Crippen LogP contribution in [0.1, 0.15) is 39.0 Å². The number of carbonyl (C=O) groups excluding carboxylic acids is 1. The fourth-order valence-corrected chi connectivity index (χ4v) is 2.59. The summed E-state index contributed by atoms with van der Waals surface area (Å²) in [6.45, 7) is 2.65. The lowest BCUT2D eigenvalue weighted by atomic mass is 9.88. The number of rotatable bonds is 2. The Morgan fingerprint density at radius 1 is 1.38 bits per heavy atom. The summed E-state index contributed by atoms with van der Waals surface area (Å²) in [5.74, 6) is 0.291. The maximum atomic E-state index is 11.8. The van der Waals surface area contributed by atoms with Crippen molar-refractivity contribution in [2.24, 2.45) is 5.92 Å². The highest BCUT2D eigenvalue weighted by Crippen LogP contribution is 2.27. The molecular weight excluding hydrogens is 206 g/mol. The molecule has 0 aromatic heterocycles. The van der Waals surface area contributed by atoms with Gasteiger partial charge in [0.2, 0.25) is 0 Å². The van der Waals surface area contributed by atoms with Crippen LogP contribution in [0.4, 0.5) is 0 Å². The third-order valence-electron chi connectivity index (χ3n) is 3.69. The molecule has 1 aliphatic carbocycles. The molecule has 0 spiro atoms. The lowest BCUT2D eigenvalue weighted by Gasteiger charge is -2.29. The lowest BCUT2D eigenvalue weighted by Crippen LogP contribution is -2.37. The van der Waals surface area contributed by atoms with Gasteiger partial charge in [0.25, 0.3) is 0 Å². The van der Waals surface area contributed by atoms with Crippen LogP contribution in [0.2, 0.25) is 0 Å². The second-order valence-electron chi connectivity index (χ2n) is 5.09. The van der Waals surface area contributed by atoms with Gasteiger partial charge in [-0.3, -0.25) is 4.79 Å². The summed E-state index contributed by atoms with van der Waals surface area (Å²) < 4.78 is 5.52. The van der Waals surface area contributed by atoms with Gasteiger partial charge in [-0.1, -0.05) is 13.3 Å². The van der Waals surface area contributed by atoms with Crippen LogP contribution in [0.3, 0.4) is 0 Å². The molecule has 2 aliphatic rings. The molecule has 0 amide bonds. The van der Waals surface area contributed by atoms with Crippen molar-refractivity contribution in [1.29, 1.82) is 0 Å². The van der Waals surface area contributed by atoms with E-state index in [0.29, 0.717) is 18.9 Å². The Morgan fingerprint density at radius 2 is 2.12 bits per heavy atom. The van der Waals surface area contributed by atoms with Crippen LogP contribution in [0.15, 0.2) is 0 Å². The number of aliphatic hydroxyl groups excluding tert-OH is 1. The third-order valence-corrected chi connectivity index (χ3v) is 3.69. The molecule has 4 heteroatoms. The van der Waals surface area contributed by atoms with E-state index in [1.807, 2.05) is 0 Å². The SMILES string of the molecule is CC1CCCCC1OC(=O)[C@@H]1C[C@@H](O)CN1. The number of β-amino-alcohol motifs (C(OH)–C–C–N with tert-alkyl or cyclic N) is 1. The molecule has 4 nitrogen and oxygen atoms in total. The Bertz CT molecular complexity index is 257. The van der Waals surface area contributed by atoms with Crippen molar-refractivity contribution < 1.29 is 14.6 Å². The van der Waals surface area contributed by atoms with E-state index in [1.54, 1.807) is 0 Å². The van der Waals surface area contributed by atoms with E-state index in [-0.39, 0.29) is 18.1 Å². The highest BCUT2D eigenvalue weighted by Gasteiger charge is 2.32. The summed E-state index contributed by atoms with van der Waals surface area (Å²) in [4.78, 5) is 11.8. The minimum absolute atomic E-state index is 0.0841. The van der Waals surface area contributed by atoms with Crippen molar-refractivity contribution in [1.82, 2.24) is 5.32 Å². The van der Waals surface area contributed by atoms with Crippen LogP contribution in [0.25, 0.3) is 0 Å². The van der Waals surface area contributed by atoms with Gasteiger partial charge in [-0.15, -0.1) is 0 Å². The Labute approximate surface area is 96.4 Å². The maximum absolute atomic E-state index is 11.8. The van der Waals surface area contributed by atoms with Gasteiger partial charge in [-0.2, -0.15) is 0 Å². The molecule has 2 N–H and O–H groups in total. The Morgan fingerprint density at radius 3 is 2.75 bits per heavy atom. The number of nitrogens with one attached hydrogen (secondary N) is 1. The maximum Gasteiger partial charge on any atom is 0.323 e. The second kappa shape index (κ2) is 5.15. The smallest absolute Gasteiger partial charge is 0.323 e. The molecule has 1 saturated carbocycles. The van der Waals surface area contributed by atoms with Crippen molar-refractivity contribution in [3.05, 3.63) is 0 Å². The van der Waals surface area contributed by atoms with E-state index in [9.17, 15) is 9.90 Å². The van der Waals surface area contributed by atoms with Crippen LogP contribution in [-0.2, 0) is 9.53 Å². The topological polar surface area (TPSA) is 58.6 Å². The van der Waals surface area contributed by atoms with Gasteiger partial charge in [0, 0.05) is 13.0 Å². The van der Waals surface area contributed by atoms with Gasteiger partial charge in [0.15, 0.2) is 0 Å². The fourth-order valence-electron chi connectivity index (χ4n) is 2.59. The molecule has 4 atom stereocenters. The summed E-state index contributed by atoms with van der Waals surface area (Å²) in [6, 6.07) is -0.302. The molecule has 2 fully saturated rings. The quantitative estimate of drug-likeness (QED) is 0.686. The standard InChI is InChI=1S/C12H21NO3/c1-8-4-2-3-5-11(8)16-12(15)10-6-9(14)7-13-10/h8-11,13-14H,2-7H2,1H3/t8?,9-,10+,11?/m1/s1. The van der Waals surface area contributed by atoms with E-state index in [2.05, 4.69) is 12.2 Å². The zero-order valence-corrected chi connectivity index (χ0v) is 9.82. The van der Waals surface area contributed by atoms with E-state index in [0.717, 1.165) is 19.3 Å². The molecule has 1 heterocycles. The Balaban J connectivity index is 1.82. The summed E-state index contributed by atoms with van der Waals surface area (Å²) in [5.41, 5.74) is 0. The van der Waals surface area contributed by atoms with Crippen LogP contribution in [0.5, 0.6) is 0 Å². The second-order valence-corrected chi connectivity index (χ2v) is 5.09. The van der Waals surface area contributed by atoms with Gasteiger partial charge in [-0.05, 0) is 25.2 Å². The predicted octanol–water partition coefficient (Wildman–Crippen LogP) is 0.831. The summed E-state index contributed by atoms with van der Waals surface area (Å²) in [5, 5.41) is 12.3. The van der Waals surface area contributed by atoms with Gasteiger partial charge >= 0.3 is 5.97 Å². The third kappa shape index (κ3) is 2.74. The molecule has 0 aromatic rings. The summed E-state index contributed by atoms with van der Waals surface area (Å²) in [7, 11) is 0. The number of aliphatic hydroxyl groups is 1. The first-order valence-corrected chi connectivity index (χ1v) is 6.28. The molecular formula is C12H21NO3. The molecule has 2 rings (SSSR count). The molecule has 0 radical (unpaired) electrons. The van der Waals surface area contributed by atoms with Crippen molar-refractivity contribution in [3.63, 3.8) is 0 Å². The Kier molecular flexibility index (Phi) is 3.82. The average molecular weight is 227 g/mol. The van der Waals surface area contributed by atoms with Crippen LogP contribution < -0.4 is 5.32 Å². The number of esters is 1. The number of hydrogen-bond acceptors (Lipinski definition) is 4. The lowest BCUT2D eigenvalue weighted by molar-refractivity contribution is -0.155. The van der Waals surface area contributed by atoms with E-state index in [1.165, 1.54) is 6.42 Å². The van der Waals surface area contributed by atoms with Crippen LogP contribution in [-0.4, -0.2) is 35.9 Å². The van der Waals surface area contributed by atoms with Gasteiger partial charge in [-0.25, -0.2) is 0 Å². The molecule has 1 saturated heterocycles. The molecule has 92 valence electrons. The van der Waals surface area contributed by atoms with E-state index in [4.69, 9.17) is 4.74 Å². The zero-order valence-electron chi connectivity index (χ0n) is 9.82. The predicted molar refractivity (Wildman–Crippen MR) is 59.9 cm³/mol. The highest BCUT2D eigenvalue weighted by atomic mass is 16.5. The Hall–Kier alpha value is -0.610. The number of ether oxygens (including phenoxy) is 1. The first kappa shape index (κ1) is 11.9. The minimum Gasteiger partial charge on any atom is -0.461 e. The molecule has 0 bridgehead atoms. The molecule has 2 unspecified atom stereocenters. The molecule has 0 aromatic carbocycles. The van der Waals surface area contributed by atoms with Crippen molar-refractivity contribution in [2.75, 3.05) is 6.54 Å². The van der Waals surface area contributed by atoms with Gasteiger partial charge < -0.3 is 15.2 Å². The fraction of sp³-hybridized carbons (Fsp3) is 0.917. The molecule has 1 aliphatic heterocycles. The van der Waals surface area contributed by atoms with E-state index < -0.39 is 6.10 Å². The largest absolute Gasteiger partial charge is 0.461 e. The summed E-state index contributed by atoms with van der Waals surface area (Å²) >= 11 is 0. The summed E-state index contributed by atoms with van der Waals surface area (Å²) in [6.07, 6.45) is 4.71. The zero-order chi connectivity index (χ0) is 11.5. The number of hydrogen-bond donors (Lipinski definition) is 2. The van der Waals surface area contributed by atoms with Crippen molar-refractivity contribution >= 4 is 5.97 Å². The average Bonchev–Trinajstić information content (AvgIpc) is 2.68. The minimum atomic E-state index is -0.402. The molecule has 16 heavy (non-hydrogen) atoms. The van der Waals surface area contributed by atoms with E-state index >= 15 is 0 Å². The van der Waals surface area contributed by atoms with Gasteiger partial charge in [0.1, 0.15) is 12.1 Å². The first-order chi connectivity index (χ1) is 7.66. The first-order valence-electron chi connectivity index (χ1n) is 6.28. The van der Waals surface area contributed by atoms with Gasteiger partial charge in [0.05, 0.1) is 6.10 Å². The van der Waals surface area contributed by atoms with Crippen LogP contribution >= 0.6 is 0 Å². The van der Waals surface area contributed by atoms with Crippen LogP contribution in [0, 0.1) is 5.92 Å². The number of carbonyl (C=O) groups is 1.